The van der Waals surface area contributed by atoms with Crippen LogP contribution in [0, 0.1) is 0 Å². The van der Waals surface area contributed by atoms with E-state index in [-0.39, 0.29) is 11.0 Å². The first-order valence-corrected chi connectivity index (χ1v) is 6.92. The SMILES string of the molecule is CCC(Nc1nccc(C(N)=S)n1)c1cccs1. The Morgan fingerprint density at radius 2 is 2.39 bits per heavy atom. The fourth-order valence-corrected chi connectivity index (χ4v) is 2.56. The number of anilines is 1. The van der Waals surface area contributed by atoms with Gasteiger partial charge in [-0.3, -0.25) is 0 Å². The van der Waals surface area contributed by atoms with Crippen LogP contribution in [0.3, 0.4) is 0 Å². The molecule has 1 unspecified atom stereocenters. The fourth-order valence-electron chi connectivity index (χ4n) is 1.59. The number of nitrogens with one attached hydrogen (secondary N) is 1. The number of rotatable bonds is 5. The smallest absolute Gasteiger partial charge is 0.223 e. The quantitative estimate of drug-likeness (QED) is 0.823. The van der Waals surface area contributed by atoms with Gasteiger partial charge in [0.25, 0.3) is 0 Å². The summed E-state index contributed by atoms with van der Waals surface area (Å²) in [6.07, 6.45) is 2.62. The Bertz CT molecular complexity index is 525. The highest BCUT2D eigenvalue weighted by Gasteiger charge is 2.11. The van der Waals surface area contributed by atoms with Crippen LogP contribution < -0.4 is 11.1 Å². The number of aromatic nitrogens is 2. The molecular weight excluding hydrogens is 264 g/mol. The topological polar surface area (TPSA) is 63.8 Å². The molecule has 2 rings (SSSR count). The van der Waals surface area contributed by atoms with Crippen molar-refractivity contribution in [2.75, 3.05) is 5.32 Å². The van der Waals surface area contributed by atoms with E-state index >= 15 is 0 Å². The lowest BCUT2D eigenvalue weighted by molar-refractivity contribution is 0.752. The molecule has 2 heterocycles. The predicted molar refractivity (Wildman–Crippen MR) is 78.9 cm³/mol. The lowest BCUT2D eigenvalue weighted by Gasteiger charge is -2.15. The average molecular weight is 278 g/mol. The molecule has 0 saturated carbocycles. The molecule has 0 aromatic carbocycles. The molecule has 2 aromatic heterocycles. The fraction of sp³-hybridized carbons (Fsp3) is 0.250. The maximum Gasteiger partial charge on any atom is 0.223 e. The van der Waals surface area contributed by atoms with Gasteiger partial charge in [0.05, 0.1) is 6.04 Å². The zero-order valence-electron chi connectivity index (χ0n) is 9.96. The standard InChI is InChI=1S/C12H14N4S2/c1-2-8(10-4-3-7-18-10)15-12-14-6-5-9(16-12)11(13)17/h3-8H,2H2,1H3,(H2,13,17)(H,14,15,16). The monoisotopic (exact) mass is 278 g/mol. The first-order chi connectivity index (χ1) is 8.70. The van der Waals surface area contributed by atoms with Crippen molar-refractivity contribution in [1.29, 1.82) is 0 Å². The summed E-state index contributed by atoms with van der Waals surface area (Å²) in [5, 5.41) is 5.36. The van der Waals surface area contributed by atoms with E-state index in [9.17, 15) is 0 Å². The molecule has 2 aromatic rings. The molecule has 0 aliphatic carbocycles. The highest BCUT2D eigenvalue weighted by atomic mass is 32.1. The van der Waals surface area contributed by atoms with Crippen molar-refractivity contribution in [1.82, 2.24) is 9.97 Å². The Kier molecular flexibility index (Phi) is 4.22. The molecule has 0 aliphatic heterocycles. The summed E-state index contributed by atoms with van der Waals surface area (Å²) >= 11 is 6.62. The van der Waals surface area contributed by atoms with Gasteiger partial charge in [0, 0.05) is 11.1 Å². The van der Waals surface area contributed by atoms with Crippen molar-refractivity contribution in [3.63, 3.8) is 0 Å². The van der Waals surface area contributed by atoms with Crippen molar-refractivity contribution in [3.8, 4) is 0 Å². The van der Waals surface area contributed by atoms with Crippen LogP contribution in [0.25, 0.3) is 0 Å². The van der Waals surface area contributed by atoms with Crippen LogP contribution in [0.4, 0.5) is 5.95 Å². The van der Waals surface area contributed by atoms with E-state index in [1.54, 1.807) is 23.6 Å². The molecule has 1 atom stereocenters. The second-order valence-corrected chi connectivity index (χ2v) is 5.17. The number of nitrogens with two attached hydrogens (primary N) is 1. The van der Waals surface area contributed by atoms with E-state index in [4.69, 9.17) is 18.0 Å². The number of thiophene rings is 1. The second kappa shape index (κ2) is 5.88. The second-order valence-electron chi connectivity index (χ2n) is 3.75. The molecule has 0 aliphatic rings. The van der Waals surface area contributed by atoms with Gasteiger partial charge in [-0.25, -0.2) is 9.97 Å². The molecule has 18 heavy (non-hydrogen) atoms. The summed E-state index contributed by atoms with van der Waals surface area (Å²) in [6, 6.07) is 6.06. The maximum absolute atomic E-state index is 5.56. The molecule has 0 saturated heterocycles. The Balaban J connectivity index is 2.17. The van der Waals surface area contributed by atoms with Crippen LogP contribution >= 0.6 is 23.6 Å². The third kappa shape index (κ3) is 3.02. The average Bonchev–Trinajstić information content (AvgIpc) is 2.90. The Morgan fingerprint density at radius 1 is 1.56 bits per heavy atom. The molecule has 0 radical (unpaired) electrons. The highest BCUT2D eigenvalue weighted by molar-refractivity contribution is 7.80. The third-order valence-corrected chi connectivity index (χ3v) is 3.70. The molecule has 4 nitrogen and oxygen atoms in total. The number of hydrogen-bond acceptors (Lipinski definition) is 5. The van der Waals surface area contributed by atoms with Gasteiger partial charge >= 0.3 is 0 Å². The summed E-state index contributed by atoms with van der Waals surface area (Å²) in [5.41, 5.74) is 6.14. The number of thiocarbonyl (C=S) groups is 1. The van der Waals surface area contributed by atoms with Crippen LogP contribution in [0.15, 0.2) is 29.8 Å². The van der Waals surface area contributed by atoms with Crippen molar-refractivity contribution < 1.29 is 0 Å². The van der Waals surface area contributed by atoms with Crippen LogP contribution in [0.2, 0.25) is 0 Å². The van der Waals surface area contributed by atoms with E-state index in [2.05, 4.69) is 33.7 Å². The summed E-state index contributed by atoms with van der Waals surface area (Å²) in [5.74, 6) is 0.556. The van der Waals surface area contributed by atoms with Gasteiger partial charge in [-0.2, -0.15) is 0 Å². The Morgan fingerprint density at radius 3 is 3.00 bits per heavy atom. The zero-order chi connectivity index (χ0) is 13.0. The summed E-state index contributed by atoms with van der Waals surface area (Å²) in [6.45, 7) is 2.12. The van der Waals surface area contributed by atoms with Gasteiger partial charge in [-0.15, -0.1) is 11.3 Å². The van der Waals surface area contributed by atoms with E-state index in [0.717, 1.165) is 6.42 Å². The van der Waals surface area contributed by atoms with E-state index < -0.39 is 0 Å². The maximum atomic E-state index is 5.56. The van der Waals surface area contributed by atoms with Gasteiger partial charge in [0.1, 0.15) is 10.7 Å². The lowest BCUT2D eigenvalue weighted by Crippen LogP contribution is -2.15. The Labute approximate surface area is 115 Å². The van der Waals surface area contributed by atoms with Crippen molar-refractivity contribution in [2.24, 2.45) is 5.73 Å². The minimum Gasteiger partial charge on any atom is -0.388 e. The lowest BCUT2D eigenvalue weighted by atomic mass is 10.2. The minimum atomic E-state index is 0.214. The van der Waals surface area contributed by atoms with Gasteiger partial charge in [0.15, 0.2) is 0 Å². The molecule has 3 N–H and O–H groups in total. The molecule has 0 amide bonds. The highest BCUT2D eigenvalue weighted by Crippen LogP contribution is 2.24. The van der Waals surface area contributed by atoms with E-state index in [0.29, 0.717) is 11.6 Å². The first kappa shape index (κ1) is 12.9. The van der Waals surface area contributed by atoms with Gasteiger partial charge in [0.2, 0.25) is 5.95 Å². The summed E-state index contributed by atoms with van der Waals surface area (Å²) in [7, 11) is 0. The molecule has 0 spiro atoms. The van der Waals surface area contributed by atoms with E-state index in [1.807, 2.05) is 6.07 Å². The summed E-state index contributed by atoms with van der Waals surface area (Å²) in [4.78, 5) is 10.0. The van der Waals surface area contributed by atoms with E-state index in [1.165, 1.54) is 4.88 Å². The molecule has 6 heteroatoms. The predicted octanol–water partition coefficient (Wildman–Crippen LogP) is 2.74. The molecule has 0 bridgehead atoms. The van der Waals surface area contributed by atoms with Gasteiger partial charge in [-0.05, 0) is 23.9 Å². The third-order valence-electron chi connectivity index (χ3n) is 2.51. The number of nitrogens with zero attached hydrogens (tertiary/aromatic N) is 2. The van der Waals surface area contributed by atoms with Crippen molar-refractivity contribution >= 4 is 34.5 Å². The van der Waals surface area contributed by atoms with Crippen molar-refractivity contribution in [3.05, 3.63) is 40.3 Å². The van der Waals surface area contributed by atoms with Gasteiger partial charge < -0.3 is 11.1 Å². The van der Waals surface area contributed by atoms with Crippen LogP contribution in [0.1, 0.15) is 30.0 Å². The van der Waals surface area contributed by atoms with Gasteiger partial charge in [-0.1, -0.05) is 25.2 Å². The normalized spacial score (nSPS) is 12.1. The first-order valence-electron chi connectivity index (χ1n) is 5.63. The zero-order valence-corrected chi connectivity index (χ0v) is 11.6. The Hall–Kier alpha value is -1.53. The van der Waals surface area contributed by atoms with Crippen LogP contribution in [-0.4, -0.2) is 15.0 Å². The largest absolute Gasteiger partial charge is 0.388 e. The number of hydrogen-bond donors (Lipinski definition) is 2. The molecule has 94 valence electrons. The van der Waals surface area contributed by atoms with Crippen LogP contribution in [-0.2, 0) is 0 Å². The van der Waals surface area contributed by atoms with Crippen molar-refractivity contribution in [2.45, 2.75) is 19.4 Å². The molecular formula is C12H14N4S2. The minimum absolute atomic E-state index is 0.214. The van der Waals surface area contributed by atoms with Crippen LogP contribution in [0.5, 0.6) is 0 Å². The molecule has 0 fully saturated rings. The summed E-state index contributed by atoms with van der Waals surface area (Å²) < 4.78 is 0.